The highest BCUT2D eigenvalue weighted by Crippen LogP contribution is 2.19. The van der Waals surface area contributed by atoms with Crippen molar-refractivity contribution in [2.45, 2.75) is 52.3 Å². The number of hydrogen-bond donors (Lipinski definition) is 2. The largest absolute Gasteiger partial charge is 0.445 e. The van der Waals surface area contributed by atoms with Crippen LogP contribution in [0.4, 0.5) is 4.79 Å². The van der Waals surface area contributed by atoms with E-state index >= 15 is 0 Å². The van der Waals surface area contributed by atoms with Crippen molar-refractivity contribution in [3.63, 3.8) is 0 Å². The molecule has 0 saturated heterocycles. The maximum atomic E-state index is 13.1. The first-order chi connectivity index (χ1) is 15.8. The lowest BCUT2D eigenvalue weighted by Crippen LogP contribution is -2.46. The average molecular weight is 455 g/mol. The summed E-state index contributed by atoms with van der Waals surface area (Å²) >= 11 is 0. The number of carbonyl (C=O) groups excluding carboxylic acids is 4. The molecule has 176 valence electrons. The molecule has 1 aromatic heterocycles. The van der Waals surface area contributed by atoms with Crippen molar-refractivity contribution in [2.24, 2.45) is 11.8 Å². The molecule has 33 heavy (non-hydrogen) atoms. The van der Waals surface area contributed by atoms with Crippen LogP contribution >= 0.6 is 0 Å². The van der Waals surface area contributed by atoms with Crippen LogP contribution in [0.15, 0.2) is 42.6 Å². The first-order valence-electron chi connectivity index (χ1n) is 11.2. The number of hydrogen-bond acceptors (Lipinski definition) is 6. The number of aromatic nitrogens is 2. The third-order valence-electron chi connectivity index (χ3n) is 5.63. The fraction of sp³-hybridized carbons (Fsp3) is 0.458. The molecule has 2 amide bonds. The van der Waals surface area contributed by atoms with E-state index in [9.17, 15) is 19.2 Å². The standard InChI is InChI=1S/C24H30N4O5/c1-16(2)21(27-24(32)33-15-17-7-4-3-5-8-17)20(29)14-18-13-19-9-11-26-28(19)12-6-10-25-23(31)22(18)30/h3-5,7-9,11,16,18,21H,6,10,12-15H2,1-2H3,(H,25,31)(H,27,32). The first-order valence-corrected chi connectivity index (χ1v) is 11.2. The number of alkyl carbamates (subject to hydrolysis) is 1. The summed E-state index contributed by atoms with van der Waals surface area (Å²) in [6.45, 7) is 4.65. The van der Waals surface area contributed by atoms with Crippen LogP contribution < -0.4 is 10.6 Å². The highest BCUT2D eigenvalue weighted by molar-refractivity contribution is 6.37. The van der Waals surface area contributed by atoms with E-state index in [0.717, 1.165) is 11.3 Å². The summed E-state index contributed by atoms with van der Waals surface area (Å²) in [7, 11) is 0. The Morgan fingerprint density at radius 3 is 2.70 bits per heavy atom. The number of fused-ring (bicyclic) bond motifs is 1. The number of amides is 2. The Balaban J connectivity index is 1.67. The fourth-order valence-corrected chi connectivity index (χ4v) is 3.83. The van der Waals surface area contributed by atoms with Crippen LogP contribution in [0.1, 0.15) is 37.9 Å². The second-order valence-corrected chi connectivity index (χ2v) is 8.52. The van der Waals surface area contributed by atoms with E-state index in [1.54, 1.807) is 30.8 Å². The van der Waals surface area contributed by atoms with Crippen molar-refractivity contribution in [3.8, 4) is 0 Å². The molecule has 2 unspecified atom stereocenters. The molecule has 0 aliphatic carbocycles. The van der Waals surface area contributed by atoms with Crippen molar-refractivity contribution < 1.29 is 23.9 Å². The Kier molecular flexibility index (Phi) is 8.34. The van der Waals surface area contributed by atoms with Gasteiger partial charge in [0.25, 0.3) is 5.91 Å². The van der Waals surface area contributed by atoms with E-state index in [1.807, 2.05) is 30.3 Å². The fourth-order valence-electron chi connectivity index (χ4n) is 3.83. The van der Waals surface area contributed by atoms with Gasteiger partial charge in [0.15, 0.2) is 5.78 Å². The van der Waals surface area contributed by atoms with E-state index in [0.29, 0.717) is 19.5 Å². The average Bonchev–Trinajstić information content (AvgIpc) is 3.24. The molecule has 2 heterocycles. The molecule has 2 N–H and O–H groups in total. The van der Waals surface area contributed by atoms with Gasteiger partial charge in [-0.1, -0.05) is 44.2 Å². The number of ether oxygens (including phenoxy) is 1. The van der Waals surface area contributed by atoms with Gasteiger partial charge < -0.3 is 15.4 Å². The van der Waals surface area contributed by atoms with Crippen LogP contribution in [0.3, 0.4) is 0 Å². The van der Waals surface area contributed by atoms with Crippen LogP contribution in [-0.4, -0.2) is 45.9 Å². The van der Waals surface area contributed by atoms with Crippen molar-refractivity contribution in [2.75, 3.05) is 6.54 Å². The maximum absolute atomic E-state index is 13.1. The quantitative estimate of drug-likeness (QED) is 0.618. The first kappa shape index (κ1) is 24.2. The van der Waals surface area contributed by atoms with Gasteiger partial charge in [0, 0.05) is 43.7 Å². The smallest absolute Gasteiger partial charge is 0.408 e. The molecule has 3 rings (SSSR count). The van der Waals surface area contributed by atoms with Crippen molar-refractivity contribution in [1.29, 1.82) is 0 Å². The van der Waals surface area contributed by atoms with E-state index in [2.05, 4.69) is 15.7 Å². The number of rotatable bonds is 7. The van der Waals surface area contributed by atoms with E-state index in [1.165, 1.54) is 0 Å². The lowest BCUT2D eigenvalue weighted by atomic mass is 9.87. The molecule has 9 heteroatoms. The molecule has 1 aliphatic heterocycles. The SMILES string of the molecule is CC(C)C(NC(=O)OCc1ccccc1)C(=O)CC1Cc2ccnn2CCCNC(=O)C1=O. The predicted molar refractivity (Wildman–Crippen MR) is 120 cm³/mol. The Bertz CT molecular complexity index is 986. The van der Waals surface area contributed by atoms with Gasteiger partial charge in [0.1, 0.15) is 6.61 Å². The predicted octanol–water partition coefficient (Wildman–Crippen LogP) is 2.04. The van der Waals surface area contributed by atoms with Crippen molar-refractivity contribution >= 4 is 23.6 Å². The molecule has 0 saturated carbocycles. The number of Topliss-reactive ketones (excluding diaryl/α,β-unsaturated/α-hetero) is 2. The van der Waals surface area contributed by atoms with Gasteiger partial charge in [-0.05, 0) is 24.0 Å². The molecule has 2 atom stereocenters. The Hall–Kier alpha value is -3.49. The summed E-state index contributed by atoms with van der Waals surface area (Å²) in [5.74, 6) is -2.70. The molecule has 9 nitrogen and oxygen atoms in total. The van der Waals surface area contributed by atoms with Crippen molar-refractivity contribution in [3.05, 3.63) is 53.9 Å². The van der Waals surface area contributed by atoms with E-state index in [4.69, 9.17) is 4.74 Å². The molecule has 0 radical (unpaired) electrons. The van der Waals surface area contributed by atoms with Gasteiger partial charge >= 0.3 is 6.09 Å². The minimum absolute atomic E-state index is 0.0803. The summed E-state index contributed by atoms with van der Waals surface area (Å²) in [6, 6.07) is 10.2. The molecule has 0 spiro atoms. The van der Waals surface area contributed by atoms with E-state index < -0.39 is 29.7 Å². The second kappa shape index (κ2) is 11.4. The summed E-state index contributed by atoms with van der Waals surface area (Å²) in [5, 5.41) is 9.51. The molecular weight excluding hydrogens is 424 g/mol. The molecular formula is C24H30N4O5. The van der Waals surface area contributed by atoms with Crippen LogP contribution in [0.5, 0.6) is 0 Å². The maximum Gasteiger partial charge on any atom is 0.408 e. The van der Waals surface area contributed by atoms with Crippen LogP contribution in [-0.2, 0) is 38.7 Å². The lowest BCUT2D eigenvalue weighted by Gasteiger charge is -2.24. The molecule has 1 aliphatic rings. The van der Waals surface area contributed by atoms with Crippen LogP contribution in [0.25, 0.3) is 0 Å². The van der Waals surface area contributed by atoms with Gasteiger partial charge in [-0.2, -0.15) is 5.10 Å². The number of nitrogens with one attached hydrogen (secondary N) is 2. The molecule has 2 aromatic rings. The number of ketones is 2. The molecule has 0 fully saturated rings. The summed E-state index contributed by atoms with van der Waals surface area (Å²) in [6.07, 6.45) is 1.65. The number of nitrogens with zero attached hydrogens (tertiary/aromatic N) is 2. The lowest BCUT2D eigenvalue weighted by molar-refractivity contribution is -0.141. The topological polar surface area (TPSA) is 119 Å². The van der Waals surface area contributed by atoms with Gasteiger partial charge in [-0.3, -0.25) is 19.1 Å². The molecule has 0 bridgehead atoms. The Labute approximate surface area is 192 Å². The summed E-state index contributed by atoms with van der Waals surface area (Å²) < 4.78 is 7.04. The zero-order valence-corrected chi connectivity index (χ0v) is 19.0. The summed E-state index contributed by atoms with van der Waals surface area (Å²) in [4.78, 5) is 50.6. The minimum atomic E-state index is -0.843. The second-order valence-electron chi connectivity index (χ2n) is 8.52. The third kappa shape index (κ3) is 6.74. The minimum Gasteiger partial charge on any atom is -0.445 e. The zero-order valence-electron chi connectivity index (χ0n) is 19.0. The van der Waals surface area contributed by atoms with Gasteiger partial charge in [-0.25, -0.2) is 4.79 Å². The third-order valence-corrected chi connectivity index (χ3v) is 5.63. The Morgan fingerprint density at radius 2 is 1.97 bits per heavy atom. The van der Waals surface area contributed by atoms with Crippen LogP contribution in [0.2, 0.25) is 0 Å². The van der Waals surface area contributed by atoms with Crippen molar-refractivity contribution in [1.82, 2.24) is 20.4 Å². The van der Waals surface area contributed by atoms with Gasteiger partial charge in [0.2, 0.25) is 5.78 Å². The number of aryl methyl sites for hydroxylation is 1. The molecule has 1 aromatic carbocycles. The van der Waals surface area contributed by atoms with Gasteiger partial charge in [0.05, 0.1) is 6.04 Å². The zero-order chi connectivity index (χ0) is 23.8. The highest BCUT2D eigenvalue weighted by Gasteiger charge is 2.33. The normalized spacial score (nSPS) is 17.6. The highest BCUT2D eigenvalue weighted by atomic mass is 16.5. The van der Waals surface area contributed by atoms with E-state index in [-0.39, 0.29) is 31.1 Å². The van der Waals surface area contributed by atoms with Gasteiger partial charge in [-0.15, -0.1) is 0 Å². The van der Waals surface area contributed by atoms with Crippen LogP contribution in [0, 0.1) is 11.8 Å². The number of carbonyl (C=O) groups is 4. The summed E-state index contributed by atoms with van der Waals surface area (Å²) in [5.41, 5.74) is 1.63. The Morgan fingerprint density at radius 1 is 1.21 bits per heavy atom. The monoisotopic (exact) mass is 454 g/mol. The number of benzene rings is 1.